The molecule has 1 fully saturated rings. The van der Waals surface area contributed by atoms with Gasteiger partial charge in [0.15, 0.2) is 0 Å². The molecular weight excluding hydrogens is 348 g/mol. The number of aromatic nitrogens is 2. The molecule has 3 aromatic rings. The van der Waals surface area contributed by atoms with E-state index in [0.717, 1.165) is 17.8 Å². The fourth-order valence-electron chi connectivity index (χ4n) is 3.81. The molecule has 0 bridgehead atoms. The quantitative estimate of drug-likeness (QED) is 0.753. The lowest BCUT2D eigenvalue weighted by Gasteiger charge is -2.41. The summed E-state index contributed by atoms with van der Waals surface area (Å²) in [5.41, 5.74) is 6.04. The second-order valence-electron chi connectivity index (χ2n) is 7.67. The maximum Gasteiger partial charge on any atom is 0.272 e. The Labute approximate surface area is 166 Å². The Morgan fingerprint density at radius 1 is 1.04 bits per heavy atom. The first kappa shape index (κ1) is 18.3. The Morgan fingerprint density at radius 2 is 1.82 bits per heavy atom. The summed E-state index contributed by atoms with van der Waals surface area (Å²) >= 11 is 0. The largest absolute Gasteiger partial charge is 0.365 e. The molecule has 2 aromatic carbocycles. The molecule has 1 aromatic heterocycles. The van der Waals surface area contributed by atoms with Crippen molar-refractivity contribution in [3.05, 3.63) is 71.4 Å². The fourth-order valence-corrected chi connectivity index (χ4v) is 3.81. The van der Waals surface area contributed by atoms with Gasteiger partial charge in [-0.15, -0.1) is 0 Å². The van der Waals surface area contributed by atoms with E-state index in [4.69, 9.17) is 0 Å². The van der Waals surface area contributed by atoms with E-state index >= 15 is 0 Å². The number of aromatic amines is 1. The van der Waals surface area contributed by atoms with Crippen LogP contribution in [0.1, 0.15) is 28.5 Å². The first-order chi connectivity index (χ1) is 13.5. The van der Waals surface area contributed by atoms with Gasteiger partial charge in [0.2, 0.25) is 0 Å². The summed E-state index contributed by atoms with van der Waals surface area (Å²) in [6.45, 7) is 8.57. The number of H-pyrrole nitrogens is 1. The van der Waals surface area contributed by atoms with E-state index in [1.165, 1.54) is 16.8 Å². The molecule has 1 unspecified atom stereocenters. The van der Waals surface area contributed by atoms with Crippen LogP contribution in [0.25, 0.3) is 11.3 Å². The molecule has 4 rings (SSSR count). The smallest absolute Gasteiger partial charge is 0.272 e. The number of rotatable bonds is 3. The third-order valence-corrected chi connectivity index (χ3v) is 5.40. The second kappa shape index (κ2) is 7.50. The van der Waals surface area contributed by atoms with Crippen LogP contribution in [0, 0.1) is 13.8 Å². The summed E-state index contributed by atoms with van der Waals surface area (Å²) in [5, 5.41) is 7.27. The minimum Gasteiger partial charge on any atom is -0.365 e. The minimum absolute atomic E-state index is 0.0154. The normalized spacial score (nSPS) is 17.0. The number of carbonyl (C=O) groups excluding carboxylic acids is 1. The van der Waals surface area contributed by atoms with Crippen LogP contribution < -0.4 is 4.90 Å². The molecule has 1 N–H and O–H groups in total. The van der Waals surface area contributed by atoms with E-state index in [0.29, 0.717) is 18.8 Å². The van der Waals surface area contributed by atoms with Crippen molar-refractivity contribution in [3.8, 4) is 11.3 Å². The number of benzene rings is 2. The van der Waals surface area contributed by atoms with Crippen LogP contribution in [0.15, 0.2) is 54.6 Å². The zero-order valence-corrected chi connectivity index (χ0v) is 16.6. The maximum absolute atomic E-state index is 13.0. The first-order valence-corrected chi connectivity index (χ1v) is 9.76. The first-order valence-electron chi connectivity index (χ1n) is 9.76. The minimum atomic E-state index is 0.0154. The molecule has 5 nitrogen and oxygen atoms in total. The highest BCUT2D eigenvalue weighted by Gasteiger charge is 2.28. The van der Waals surface area contributed by atoms with Crippen LogP contribution in [0.2, 0.25) is 0 Å². The van der Waals surface area contributed by atoms with Gasteiger partial charge in [-0.2, -0.15) is 5.10 Å². The van der Waals surface area contributed by atoms with E-state index in [1.54, 1.807) is 0 Å². The maximum atomic E-state index is 13.0. The van der Waals surface area contributed by atoms with Gasteiger partial charge in [0.05, 0.1) is 5.69 Å². The lowest BCUT2D eigenvalue weighted by molar-refractivity contribution is 0.0720. The zero-order chi connectivity index (χ0) is 19.7. The van der Waals surface area contributed by atoms with Gasteiger partial charge in [0, 0.05) is 36.9 Å². The Bertz CT molecular complexity index is 976. The number of amides is 1. The van der Waals surface area contributed by atoms with Crippen molar-refractivity contribution in [1.82, 2.24) is 15.1 Å². The zero-order valence-electron chi connectivity index (χ0n) is 16.6. The number of nitrogens with zero attached hydrogens (tertiary/aromatic N) is 3. The molecule has 1 saturated heterocycles. The molecule has 1 aliphatic rings. The number of hydrogen-bond donors (Lipinski definition) is 1. The standard InChI is InChI=1S/C23H26N4O/c1-16-7-9-19(10-8-16)21-14-22(25-24-21)23(28)26-11-12-27(18(3)15-26)20-6-4-5-17(2)13-20/h4-10,13-14,18H,11-12,15H2,1-3H3,(H,24,25). The van der Waals surface area contributed by atoms with Gasteiger partial charge in [-0.3, -0.25) is 9.89 Å². The molecular formula is C23H26N4O. The monoisotopic (exact) mass is 374 g/mol. The Balaban J connectivity index is 1.46. The van der Waals surface area contributed by atoms with Gasteiger partial charge in [0.1, 0.15) is 5.69 Å². The third-order valence-electron chi connectivity index (χ3n) is 5.40. The summed E-state index contributed by atoms with van der Waals surface area (Å²) in [5.74, 6) is 0.0154. The van der Waals surface area contributed by atoms with E-state index in [-0.39, 0.29) is 11.9 Å². The van der Waals surface area contributed by atoms with Gasteiger partial charge in [-0.25, -0.2) is 0 Å². The van der Waals surface area contributed by atoms with E-state index in [2.05, 4.69) is 72.3 Å². The molecule has 1 aliphatic heterocycles. The van der Waals surface area contributed by atoms with Crippen LogP contribution in [0.4, 0.5) is 5.69 Å². The molecule has 0 spiro atoms. The second-order valence-corrected chi connectivity index (χ2v) is 7.67. The van der Waals surface area contributed by atoms with Gasteiger partial charge < -0.3 is 9.80 Å². The molecule has 0 radical (unpaired) electrons. The average molecular weight is 374 g/mol. The lowest BCUT2D eigenvalue weighted by Crippen LogP contribution is -2.53. The highest BCUT2D eigenvalue weighted by atomic mass is 16.2. The summed E-state index contributed by atoms with van der Waals surface area (Å²) in [6.07, 6.45) is 0. The van der Waals surface area contributed by atoms with Gasteiger partial charge >= 0.3 is 0 Å². The highest BCUT2D eigenvalue weighted by Crippen LogP contribution is 2.23. The molecule has 5 heteroatoms. The predicted molar refractivity (Wildman–Crippen MR) is 113 cm³/mol. The topological polar surface area (TPSA) is 52.2 Å². The molecule has 0 aliphatic carbocycles. The van der Waals surface area contributed by atoms with Crippen molar-refractivity contribution >= 4 is 11.6 Å². The van der Waals surface area contributed by atoms with E-state index in [1.807, 2.05) is 23.1 Å². The number of aryl methyl sites for hydroxylation is 2. The van der Waals surface area contributed by atoms with Gasteiger partial charge in [-0.1, -0.05) is 42.0 Å². The van der Waals surface area contributed by atoms with Gasteiger partial charge in [-0.05, 0) is 44.5 Å². The molecule has 144 valence electrons. The Kier molecular flexibility index (Phi) is 4.90. The number of piperazine rings is 1. The Morgan fingerprint density at radius 3 is 2.54 bits per heavy atom. The number of nitrogens with one attached hydrogen (secondary N) is 1. The molecule has 2 heterocycles. The van der Waals surface area contributed by atoms with Crippen LogP contribution in [-0.4, -0.2) is 46.7 Å². The summed E-state index contributed by atoms with van der Waals surface area (Å²) < 4.78 is 0. The summed E-state index contributed by atoms with van der Waals surface area (Å²) in [6, 6.07) is 18.8. The summed E-state index contributed by atoms with van der Waals surface area (Å²) in [4.78, 5) is 17.3. The van der Waals surface area contributed by atoms with E-state index in [9.17, 15) is 4.79 Å². The fraction of sp³-hybridized carbons (Fsp3) is 0.304. The van der Waals surface area contributed by atoms with Crippen molar-refractivity contribution in [2.45, 2.75) is 26.8 Å². The van der Waals surface area contributed by atoms with Crippen molar-refractivity contribution in [2.75, 3.05) is 24.5 Å². The number of anilines is 1. The number of hydrogen-bond acceptors (Lipinski definition) is 3. The molecule has 1 atom stereocenters. The highest BCUT2D eigenvalue weighted by molar-refractivity contribution is 5.93. The Hall–Kier alpha value is -3.08. The van der Waals surface area contributed by atoms with Crippen LogP contribution >= 0.6 is 0 Å². The lowest BCUT2D eigenvalue weighted by atomic mass is 10.1. The van der Waals surface area contributed by atoms with Crippen molar-refractivity contribution in [1.29, 1.82) is 0 Å². The molecule has 0 saturated carbocycles. The molecule has 28 heavy (non-hydrogen) atoms. The van der Waals surface area contributed by atoms with Crippen molar-refractivity contribution in [2.24, 2.45) is 0 Å². The van der Waals surface area contributed by atoms with Crippen LogP contribution in [0.3, 0.4) is 0 Å². The van der Waals surface area contributed by atoms with Crippen molar-refractivity contribution in [3.63, 3.8) is 0 Å². The molecule has 1 amide bonds. The summed E-state index contributed by atoms with van der Waals surface area (Å²) in [7, 11) is 0. The third kappa shape index (κ3) is 3.65. The average Bonchev–Trinajstić information content (AvgIpc) is 3.18. The van der Waals surface area contributed by atoms with Crippen LogP contribution in [0.5, 0.6) is 0 Å². The van der Waals surface area contributed by atoms with Crippen LogP contribution in [-0.2, 0) is 0 Å². The number of carbonyl (C=O) groups is 1. The van der Waals surface area contributed by atoms with E-state index < -0.39 is 0 Å². The predicted octanol–water partition coefficient (Wildman–Crippen LogP) is 4.04. The van der Waals surface area contributed by atoms with Crippen molar-refractivity contribution < 1.29 is 4.79 Å². The van der Waals surface area contributed by atoms with Gasteiger partial charge in [0.25, 0.3) is 5.91 Å². The SMILES string of the molecule is Cc1ccc(-c2cc(C(=O)N3CCN(c4cccc(C)c4)C(C)C3)[nH]n2)cc1.